The van der Waals surface area contributed by atoms with E-state index in [9.17, 15) is 9.59 Å². The quantitative estimate of drug-likeness (QED) is 0.201. The number of ether oxygens (including phenoxy) is 5. The normalized spacial score (nSPS) is 10.5. The Hall–Kier alpha value is -4.26. The number of benzene rings is 3. The molecule has 0 bridgehead atoms. The second-order valence-corrected chi connectivity index (χ2v) is 6.77. The molecule has 0 aliphatic carbocycles. The molecule has 0 N–H and O–H groups in total. The molecule has 0 heterocycles. The van der Waals surface area contributed by atoms with Gasteiger partial charge >= 0.3 is 5.97 Å². The van der Waals surface area contributed by atoms with Gasteiger partial charge in [-0.3, -0.25) is 4.79 Å². The van der Waals surface area contributed by atoms with Gasteiger partial charge < -0.3 is 23.7 Å². The predicted molar refractivity (Wildman–Crippen MR) is 124 cm³/mol. The molecule has 170 valence electrons. The summed E-state index contributed by atoms with van der Waals surface area (Å²) in [5.74, 6) is 1.20. The molecule has 0 radical (unpaired) electrons. The maximum atomic E-state index is 12.8. The summed E-state index contributed by atoms with van der Waals surface area (Å²) in [6, 6.07) is 16.7. The summed E-state index contributed by atoms with van der Waals surface area (Å²) in [6.07, 6.45) is 3.03. The van der Waals surface area contributed by atoms with Gasteiger partial charge in [-0.1, -0.05) is 18.2 Å². The van der Waals surface area contributed by atoms with Crippen LogP contribution < -0.4 is 23.7 Å². The van der Waals surface area contributed by atoms with Crippen molar-refractivity contribution in [3.63, 3.8) is 0 Å². The number of hydrogen-bond donors (Lipinski definition) is 0. The molecule has 0 aliphatic rings. The number of methoxy groups -OCH3 is 4. The molecule has 3 rings (SSSR count). The topological polar surface area (TPSA) is 80.3 Å². The molecule has 0 unspecified atom stereocenters. The van der Waals surface area contributed by atoms with Crippen LogP contribution in [0.25, 0.3) is 6.08 Å². The van der Waals surface area contributed by atoms with E-state index in [4.69, 9.17) is 23.7 Å². The van der Waals surface area contributed by atoms with Crippen molar-refractivity contribution >= 4 is 17.8 Å². The maximum Gasteiger partial charge on any atom is 0.343 e. The van der Waals surface area contributed by atoms with Crippen LogP contribution in [-0.2, 0) is 0 Å². The number of esters is 1. The van der Waals surface area contributed by atoms with Crippen LogP contribution in [0.1, 0.15) is 26.3 Å². The average molecular weight is 448 g/mol. The summed E-state index contributed by atoms with van der Waals surface area (Å²) in [5, 5.41) is 0. The van der Waals surface area contributed by atoms with E-state index in [-0.39, 0.29) is 11.3 Å². The van der Waals surface area contributed by atoms with Crippen molar-refractivity contribution in [1.29, 1.82) is 0 Å². The molecule has 0 aromatic heterocycles. The fraction of sp³-hybridized carbons (Fsp3) is 0.154. The molecule has 3 aromatic carbocycles. The highest BCUT2D eigenvalue weighted by Gasteiger charge is 2.19. The van der Waals surface area contributed by atoms with Crippen molar-refractivity contribution in [2.75, 3.05) is 28.4 Å². The monoisotopic (exact) mass is 448 g/mol. The minimum Gasteiger partial charge on any atom is -0.497 e. The Balaban J connectivity index is 1.82. The average Bonchev–Trinajstić information content (AvgIpc) is 2.86. The Bertz CT molecular complexity index is 1140. The fourth-order valence-corrected chi connectivity index (χ4v) is 3.09. The SMILES string of the molecule is COc1ccc(C(=O)C=Cc2ccccc2OC(=O)c2cc(OC)c(OC)c(OC)c2)cc1. The minimum absolute atomic E-state index is 0.191. The lowest BCUT2D eigenvalue weighted by atomic mass is 10.1. The van der Waals surface area contributed by atoms with Gasteiger partial charge in [0.05, 0.1) is 34.0 Å². The number of carbonyl (C=O) groups is 2. The maximum absolute atomic E-state index is 12.8. The van der Waals surface area contributed by atoms with Crippen LogP contribution in [0.5, 0.6) is 28.7 Å². The van der Waals surface area contributed by atoms with Gasteiger partial charge in [-0.2, -0.15) is 0 Å². The summed E-state index contributed by atoms with van der Waals surface area (Å²) in [5.41, 5.74) is 1.30. The van der Waals surface area contributed by atoms with Gasteiger partial charge in [0.1, 0.15) is 11.5 Å². The van der Waals surface area contributed by atoms with Crippen LogP contribution in [-0.4, -0.2) is 40.2 Å². The van der Waals surface area contributed by atoms with Crippen LogP contribution in [0.2, 0.25) is 0 Å². The fourth-order valence-electron chi connectivity index (χ4n) is 3.09. The molecule has 0 amide bonds. The highest BCUT2D eigenvalue weighted by atomic mass is 16.5. The van der Waals surface area contributed by atoms with E-state index in [0.29, 0.717) is 39.9 Å². The van der Waals surface area contributed by atoms with Crippen molar-refractivity contribution in [2.45, 2.75) is 0 Å². The Morgan fingerprint density at radius 1 is 0.697 bits per heavy atom. The lowest BCUT2D eigenvalue weighted by Crippen LogP contribution is -2.10. The van der Waals surface area contributed by atoms with Crippen molar-refractivity contribution < 1.29 is 33.3 Å². The third kappa shape index (κ3) is 5.51. The summed E-state index contributed by atoms with van der Waals surface area (Å²) in [6.45, 7) is 0. The Labute approximate surface area is 192 Å². The van der Waals surface area contributed by atoms with Gasteiger partial charge in [0.25, 0.3) is 0 Å². The summed E-state index contributed by atoms with van der Waals surface area (Å²) in [4.78, 5) is 25.3. The van der Waals surface area contributed by atoms with Crippen molar-refractivity contribution in [3.8, 4) is 28.7 Å². The molecule has 0 aliphatic heterocycles. The van der Waals surface area contributed by atoms with Crippen LogP contribution in [0.3, 0.4) is 0 Å². The summed E-state index contributed by atoms with van der Waals surface area (Å²) < 4.78 is 26.6. The van der Waals surface area contributed by atoms with Crippen LogP contribution >= 0.6 is 0 Å². The lowest BCUT2D eigenvalue weighted by Gasteiger charge is -2.14. The van der Waals surface area contributed by atoms with E-state index in [0.717, 1.165) is 0 Å². The first kappa shape index (κ1) is 23.4. The number of rotatable bonds is 9. The smallest absolute Gasteiger partial charge is 0.343 e. The zero-order valence-corrected chi connectivity index (χ0v) is 18.8. The third-order valence-electron chi connectivity index (χ3n) is 4.81. The highest BCUT2D eigenvalue weighted by Crippen LogP contribution is 2.38. The molecule has 3 aromatic rings. The van der Waals surface area contributed by atoms with Gasteiger partial charge in [0, 0.05) is 11.1 Å². The van der Waals surface area contributed by atoms with Gasteiger partial charge in [0.2, 0.25) is 5.75 Å². The first-order chi connectivity index (χ1) is 16.0. The molecule has 0 fully saturated rings. The standard InChI is InChI=1S/C26H24O7/c1-29-20-12-9-17(10-13-20)21(27)14-11-18-7-5-6-8-22(18)33-26(28)19-15-23(30-2)25(32-4)24(16-19)31-3/h5-16H,1-4H3. The van der Waals surface area contributed by atoms with E-state index in [1.165, 1.54) is 39.5 Å². The molecule has 7 nitrogen and oxygen atoms in total. The molecular weight excluding hydrogens is 424 g/mol. The minimum atomic E-state index is -0.614. The van der Waals surface area contributed by atoms with Crippen molar-refractivity contribution in [2.24, 2.45) is 0 Å². The van der Waals surface area contributed by atoms with Gasteiger partial charge in [0.15, 0.2) is 17.3 Å². The van der Waals surface area contributed by atoms with Crippen molar-refractivity contribution in [1.82, 2.24) is 0 Å². The molecule has 0 saturated carbocycles. The lowest BCUT2D eigenvalue weighted by molar-refractivity contribution is 0.0733. The second-order valence-electron chi connectivity index (χ2n) is 6.77. The third-order valence-corrected chi connectivity index (χ3v) is 4.81. The van der Waals surface area contributed by atoms with E-state index >= 15 is 0 Å². The molecule has 0 spiro atoms. The van der Waals surface area contributed by atoms with Crippen LogP contribution in [0.4, 0.5) is 0 Å². The van der Waals surface area contributed by atoms with E-state index in [2.05, 4.69) is 0 Å². The first-order valence-electron chi connectivity index (χ1n) is 9.98. The van der Waals surface area contributed by atoms with Gasteiger partial charge in [-0.15, -0.1) is 0 Å². The summed E-state index contributed by atoms with van der Waals surface area (Å²) >= 11 is 0. The molecular formula is C26H24O7. The largest absolute Gasteiger partial charge is 0.497 e. The second kappa shape index (κ2) is 10.9. The Kier molecular flexibility index (Phi) is 7.70. The number of carbonyl (C=O) groups excluding carboxylic acids is 2. The Morgan fingerprint density at radius 2 is 1.33 bits per heavy atom. The highest BCUT2D eigenvalue weighted by molar-refractivity contribution is 6.07. The molecule has 33 heavy (non-hydrogen) atoms. The van der Waals surface area contributed by atoms with Crippen LogP contribution in [0.15, 0.2) is 66.7 Å². The number of hydrogen-bond acceptors (Lipinski definition) is 7. The molecule has 0 atom stereocenters. The number of allylic oxidation sites excluding steroid dienone is 1. The molecule has 0 saturated heterocycles. The number of para-hydroxylation sites is 1. The van der Waals surface area contributed by atoms with Gasteiger partial charge in [-0.25, -0.2) is 4.79 Å². The predicted octanol–water partition coefficient (Wildman–Crippen LogP) is 4.84. The van der Waals surface area contributed by atoms with E-state index in [1.807, 2.05) is 0 Å². The Morgan fingerprint density at radius 3 is 1.91 bits per heavy atom. The zero-order valence-electron chi connectivity index (χ0n) is 18.8. The first-order valence-corrected chi connectivity index (χ1v) is 9.98. The van der Waals surface area contributed by atoms with Gasteiger partial charge in [-0.05, 0) is 54.6 Å². The van der Waals surface area contributed by atoms with Crippen molar-refractivity contribution in [3.05, 3.63) is 83.4 Å². The van der Waals surface area contributed by atoms with Crippen LogP contribution in [0, 0.1) is 0 Å². The summed E-state index contributed by atoms with van der Waals surface area (Å²) in [7, 11) is 5.97. The van der Waals surface area contributed by atoms with E-state index in [1.54, 1.807) is 61.7 Å². The molecule has 7 heteroatoms. The van der Waals surface area contributed by atoms with E-state index < -0.39 is 5.97 Å². The number of ketones is 1. The zero-order chi connectivity index (χ0) is 23.8.